The second kappa shape index (κ2) is 5.37. The molecule has 0 amide bonds. The van der Waals surface area contributed by atoms with Crippen LogP contribution in [-0.4, -0.2) is 35.9 Å². The Kier molecular flexibility index (Phi) is 3.79. The number of esters is 2. The van der Waals surface area contributed by atoms with Crippen LogP contribution in [0.1, 0.15) is 47.0 Å². The lowest BCUT2D eigenvalue weighted by Crippen LogP contribution is -2.34. The van der Waals surface area contributed by atoms with Crippen molar-refractivity contribution in [2.45, 2.75) is 70.9 Å². The summed E-state index contributed by atoms with van der Waals surface area (Å²) in [4.78, 5) is 23.4. The van der Waals surface area contributed by atoms with Crippen LogP contribution >= 0.6 is 0 Å². The standard InChI is InChI=1S/C17H24O5/c1-9-6-5-7-17(4)15(22-17)14-12(10(2)16(19)21-14)8-13(9)20-11(3)18/h6,10,12-15H,5,7-8H2,1-4H3/b9-6-/t10-,12-,13-,14-,15+,17+/m0/s1. The molecule has 2 aliphatic heterocycles. The fourth-order valence-electron chi connectivity index (χ4n) is 3.78. The Balaban J connectivity index is 1.89. The fraction of sp³-hybridized carbons (Fsp3) is 0.765. The number of ether oxygens (including phenoxy) is 3. The van der Waals surface area contributed by atoms with Crippen molar-refractivity contribution in [2.75, 3.05) is 0 Å². The van der Waals surface area contributed by atoms with E-state index in [0.717, 1.165) is 18.4 Å². The lowest BCUT2D eigenvalue weighted by molar-refractivity contribution is -0.146. The van der Waals surface area contributed by atoms with E-state index < -0.39 is 0 Å². The van der Waals surface area contributed by atoms with E-state index in [1.165, 1.54) is 6.92 Å². The van der Waals surface area contributed by atoms with E-state index in [4.69, 9.17) is 14.2 Å². The summed E-state index contributed by atoms with van der Waals surface area (Å²) in [6.07, 6.45) is 3.95. The van der Waals surface area contributed by atoms with Crippen LogP contribution in [0.3, 0.4) is 0 Å². The van der Waals surface area contributed by atoms with E-state index in [1.807, 2.05) is 13.8 Å². The van der Waals surface area contributed by atoms with Crippen molar-refractivity contribution in [1.82, 2.24) is 0 Å². The van der Waals surface area contributed by atoms with Crippen molar-refractivity contribution >= 4 is 11.9 Å². The predicted octanol–water partition coefficient (Wildman–Crippen LogP) is 2.38. The summed E-state index contributed by atoms with van der Waals surface area (Å²) in [5.41, 5.74) is 0.849. The molecule has 5 nitrogen and oxygen atoms in total. The summed E-state index contributed by atoms with van der Waals surface area (Å²) in [6.45, 7) is 7.38. The minimum absolute atomic E-state index is 0.0186. The van der Waals surface area contributed by atoms with Gasteiger partial charge in [-0.1, -0.05) is 13.0 Å². The zero-order valence-electron chi connectivity index (χ0n) is 13.6. The Morgan fingerprint density at radius 2 is 2.18 bits per heavy atom. The van der Waals surface area contributed by atoms with E-state index in [2.05, 4.69) is 13.0 Å². The van der Waals surface area contributed by atoms with E-state index in [9.17, 15) is 9.59 Å². The molecule has 0 radical (unpaired) electrons. The maximum Gasteiger partial charge on any atom is 0.309 e. The molecule has 0 unspecified atom stereocenters. The average Bonchev–Trinajstić information content (AvgIpc) is 3.02. The zero-order chi connectivity index (χ0) is 16.1. The number of epoxide rings is 1. The molecule has 0 saturated carbocycles. The van der Waals surface area contributed by atoms with Crippen LogP contribution in [0.25, 0.3) is 0 Å². The molecule has 2 saturated heterocycles. The Hall–Kier alpha value is -1.36. The van der Waals surface area contributed by atoms with Crippen LogP contribution in [0.15, 0.2) is 11.6 Å². The number of hydrogen-bond donors (Lipinski definition) is 0. The number of fused-ring (bicyclic) bond motifs is 3. The molecule has 0 spiro atoms. The van der Waals surface area contributed by atoms with E-state index in [1.54, 1.807) is 0 Å². The molecule has 0 bridgehead atoms. The minimum Gasteiger partial charge on any atom is -0.459 e. The predicted molar refractivity (Wildman–Crippen MR) is 79.0 cm³/mol. The van der Waals surface area contributed by atoms with E-state index in [0.29, 0.717) is 6.42 Å². The van der Waals surface area contributed by atoms with E-state index >= 15 is 0 Å². The fourth-order valence-corrected chi connectivity index (χ4v) is 3.78. The van der Waals surface area contributed by atoms with Crippen molar-refractivity contribution in [3.05, 3.63) is 11.6 Å². The number of carbonyl (C=O) groups excluding carboxylic acids is 2. The van der Waals surface area contributed by atoms with Crippen LogP contribution in [0.4, 0.5) is 0 Å². The molecule has 0 aromatic heterocycles. The Morgan fingerprint density at radius 3 is 2.86 bits per heavy atom. The van der Waals surface area contributed by atoms with Crippen molar-refractivity contribution < 1.29 is 23.8 Å². The molecule has 6 atom stereocenters. The Labute approximate surface area is 131 Å². The highest BCUT2D eigenvalue weighted by molar-refractivity contribution is 5.75. The smallest absolute Gasteiger partial charge is 0.309 e. The number of rotatable bonds is 1. The summed E-state index contributed by atoms with van der Waals surface area (Å²) in [6, 6.07) is 0. The van der Waals surface area contributed by atoms with Gasteiger partial charge in [0.2, 0.25) is 0 Å². The lowest BCUT2D eigenvalue weighted by Gasteiger charge is -2.26. The molecule has 5 heteroatoms. The van der Waals surface area contributed by atoms with Crippen LogP contribution in [0.2, 0.25) is 0 Å². The number of hydrogen-bond acceptors (Lipinski definition) is 5. The van der Waals surface area contributed by atoms with Gasteiger partial charge >= 0.3 is 11.9 Å². The van der Waals surface area contributed by atoms with Gasteiger partial charge in [-0.15, -0.1) is 0 Å². The van der Waals surface area contributed by atoms with Crippen LogP contribution < -0.4 is 0 Å². The summed E-state index contributed by atoms with van der Waals surface area (Å²) in [7, 11) is 0. The van der Waals surface area contributed by atoms with Gasteiger partial charge in [0.05, 0.1) is 11.5 Å². The van der Waals surface area contributed by atoms with Gasteiger partial charge in [-0.2, -0.15) is 0 Å². The molecule has 0 N–H and O–H groups in total. The van der Waals surface area contributed by atoms with Gasteiger partial charge < -0.3 is 14.2 Å². The number of carbonyl (C=O) groups is 2. The molecule has 3 rings (SSSR count). The highest BCUT2D eigenvalue weighted by Gasteiger charge is 2.62. The molecule has 122 valence electrons. The third-order valence-corrected chi connectivity index (χ3v) is 5.34. The first-order chi connectivity index (χ1) is 10.3. The second-order valence-electron chi connectivity index (χ2n) is 7.03. The third kappa shape index (κ3) is 2.67. The molecular formula is C17H24O5. The molecule has 3 aliphatic rings. The molecule has 1 aliphatic carbocycles. The van der Waals surface area contributed by atoms with Crippen molar-refractivity contribution in [1.29, 1.82) is 0 Å². The maximum absolute atomic E-state index is 12.0. The summed E-state index contributed by atoms with van der Waals surface area (Å²) in [5.74, 6) is -0.638. The van der Waals surface area contributed by atoms with Crippen LogP contribution in [0.5, 0.6) is 0 Å². The minimum atomic E-state index is -0.295. The van der Waals surface area contributed by atoms with Crippen LogP contribution in [0, 0.1) is 11.8 Å². The summed E-state index contributed by atoms with van der Waals surface area (Å²) < 4.78 is 17.0. The third-order valence-electron chi connectivity index (χ3n) is 5.34. The van der Waals surface area contributed by atoms with Crippen LogP contribution in [-0.2, 0) is 23.8 Å². The molecule has 2 fully saturated rings. The van der Waals surface area contributed by atoms with Crippen molar-refractivity contribution in [3.63, 3.8) is 0 Å². The SMILES string of the molecule is CC(=O)O[C@H]1C[C@@H]2[C@H](OC(=O)[C@H]2C)[C@H]2O[C@]2(C)CC/C=C\1C. The van der Waals surface area contributed by atoms with Gasteiger partial charge in [-0.25, -0.2) is 0 Å². The van der Waals surface area contributed by atoms with Crippen molar-refractivity contribution in [2.24, 2.45) is 11.8 Å². The molecule has 0 aromatic carbocycles. The van der Waals surface area contributed by atoms with Gasteiger partial charge in [0.15, 0.2) is 0 Å². The van der Waals surface area contributed by atoms with Crippen molar-refractivity contribution in [3.8, 4) is 0 Å². The largest absolute Gasteiger partial charge is 0.459 e. The summed E-state index contributed by atoms with van der Waals surface area (Å²) >= 11 is 0. The molecule has 2 heterocycles. The first-order valence-corrected chi connectivity index (χ1v) is 8.04. The molecule has 22 heavy (non-hydrogen) atoms. The number of allylic oxidation sites excluding steroid dienone is 1. The first-order valence-electron chi connectivity index (χ1n) is 8.04. The topological polar surface area (TPSA) is 65.1 Å². The first kappa shape index (κ1) is 15.5. The molecular weight excluding hydrogens is 284 g/mol. The monoisotopic (exact) mass is 308 g/mol. The van der Waals surface area contributed by atoms with Gasteiger partial charge in [-0.05, 0) is 38.7 Å². The average molecular weight is 308 g/mol. The van der Waals surface area contributed by atoms with Gasteiger partial charge in [0.1, 0.15) is 18.3 Å². The van der Waals surface area contributed by atoms with Gasteiger partial charge in [-0.3, -0.25) is 9.59 Å². The quantitative estimate of drug-likeness (QED) is 0.423. The molecule has 0 aromatic rings. The highest BCUT2D eigenvalue weighted by Crippen LogP contribution is 2.50. The Bertz CT molecular complexity index is 525. The lowest BCUT2D eigenvalue weighted by atomic mass is 9.80. The second-order valence-corrected chi connectivity index (χ2v) is 7.03. The highest BCUT2D eigenvalue weighted by atomic mass is 16.6. The Morgan fingerprint density at radius 1 is 1.45 bits per heavy atom. The van der Waals surface area contributed by atoms with Gasteiger partial charge in [0, 0.05) is 12.8 Å². The normalized spacial score (nSPS) is 46.6. The zero-order valence-corrected chi connectivity index (χ0v) is 13.6. The summed E-state index contributed by atoms with van der Waals surface area (Å²) in [5, 5.41) is 0. The maximum atomic E-state index is 12.0. The van der Waals surface area contributed by atoms with E-state index in [-0.39, 0.29) is 47.7 Å². The van der Waals surface area contributed by atoms with Gasteiger partial charge in [0.25, 0.3) is 0 Å².